The second-order valence-corrected chi connectivity index (χ2v) is 11.4. The lowest BCUT2D eigenvalue weighted by atomic mass is 9.82. The molecule has 0 aliphatic carbocycles. The van der Waals surface area contributed by atoms with Gasteiger partial charge in [-0.05, 0) is 69.5 Å². The van der Waals surface area contributed by atoms with Crippen molar-refractivity contribution in [3.05, 3.63) is 65.0 Å². The normalized spacial score (nSPS) is 18.5. The molecule has 1 aromatic heterocycles. The number of aryl methyl sites for hydroxylation is 2. The number of ether oxygens (including phenoxy) is 1. The first kappa shape index (κ1) is 29.6. The monoisotopic (exact) mass is 582 g/mol. The highest BCUT2D eigenvalue weighted by atomic mass is 19.4. The Morgan fingerprint density at radius 3 is 2.64 bits per heavy atom. The molecular formula is C31H37F3N6O2. The van der Waals surface area contributed by atoms with E-state index in [2.05, 4.69) is 44.2 Å². The number of halogens is 3. The second kappa shape index (κ2) is 11.4. The summed E-state index contributed by atoms with van der Waals surface area (Å²) in [5, 5.41) is 5.93. The van der Waals surface area contributed by atoms with E-state index in [1.165, 1.54) is 0 Å². The molecule has 1 amide bonds. The standard InChI is InChI=1S/C31H37F3N6O2/c1-6-39-14-15-40(18-19(39)2)21-11-13-24(26(16-21)42-5)38-29-35-17-22(31(32,33)34)23(37-29)12-10-20-8-7-9-25-27(20)30(3,4)28(41)36-25/h7-9,11,13,16-17,19H,6,10,12,14-15,18H2,1-5H3,(H,36,41)(H,35,37,38)/t19-/m1/s1. The van der Waals surface area contributed by atoms with E-state index < -0.39 is 17.2 Å². The number of aromatic nitrogens is 2. The van der Waals surface area contributed by atoms with Crippen LogP contribution in [0.5, 0.6) is 5.75 Å². The number of benzene rings is 2. The van der Waals surface area contributed by atoms with Crippen molar-refractivity contribution in [1.82, 2.24) is 14.9 Å². The van der Waals surface area contributed by atoms with Crippen LogP contribution in [0.2, 0.25) is 0 Å². The van der Waals surface area contributed by atoms with Crippen LogP contribution in [0.25, 0.3) is 0 Å². The number of nitrogens with zero attached hydrogens (tertiary/aromatic N) is 4. The molecule has 0 bridgehead atoms. The van der Waals surface area contributed by atoms with Crippen LogP contribution in [0.15, 0.2) is 42.6 Å². The summed E-state index contributed by atoms with van der Waals surface area (Å²) in [6, 6.07) is 11.6. The zero-order valence-corrected chi connectivity index (χ0v) is 24.6. The third-order valence-corrected chi connectivity index (χ3v) is 8.36. The molecule has 11 heteroatoms. The van der Waals surface area contributed by atoms with E-state index in [0.29, 0.717) is 23.2 Å². The maximum atomic E-state index is 14.0. The van der Waals surface area contributed by atoms with Crippen molar-refractivity contribution in [3.8, 4) is 5.75 Å². The minimum absolute atomic E-state index is 0.0186. The molecule has 0 radical (unpaired) electrons. The Bertz CT molecular complexity index is 1480. The first-order valence-corrected chi connectivity index (χ1v) is 14.2. The topological polar surface area (TPSA) is 82.6 Å². The summed E-state index contributed by atoms with van der Waals surface area (Å²) in [5.41, 5.74) is 2.11. The first-order valence-electron chi connectivity index (χ1n) is 14.2. The Morgan fingerprint density at radius 1 is 1.17 bits per heavy atom. The summed E-state index contributed by atoms with van der Waals surface area (Å²) in [4.78, 5) is 25.5. The van der Waals surface area contributed by atoms with E-state index in [1.807, 2.05) is 44.2 Å². The minimum Gasteiger partial charge on any atom is -0.494 e. The van der Waals surface area contributed by atoms with Crippen LogP contribution in [0.4, 0.5) is 36.2 Å². The van der Waals surface area contributed by atoms with Crippen molar-refractivity contribution in [2.75, 3.05) is 48.8 Å². The molecule has 5 rings (SSSR count). The predicted octanol–water partition coefficient (Wildman–Crippen LogP) is 5.79. The summed E-state index contributed by atoms with van der Waals surface area (Å²) in [7, 11) is 1.56. The molecular weight excluding hydrogens is 545 g/mol. The third-order valence-electron chi connectivity index (χ3n) is 8.36. The van der Waals surface area contributed by atoms with Crippen molar-refractivity contribution in [1.29, 1.82) is 0 Å². The highest BCUT2D eigenvalue weighted by Crippen LogP contribution is 2.40. The Morgan fingerprint density at radius 2 is 1.95 bits per heavy atom. The number of carbonyl (C=O) groups excluding carboxylic acids is 1. The molecule has 3 aromatic rings. The molecule has 2 aliphatic rings. The van der Waals surface area contributed by atoms with E-state index in [4.69, 9.17) is 4.74 Å². The number of alkyl halides is 3. The van der Waals surface area contributed by atoms with Crippen LogP contribution in [0, 0.1) is 0 Å². The van der Waals surface area contributed by atoms with E-state index in [1.54, 1.807) is 13.2 Å². The Balaban J connectivity index is 1.39. The molecule has 3 heterocycles. The van der Waals surface area contributed by atoms with Gasteiger partial charge in [0.25, 0.3) is 0 Å². The molecule has 2 aliphatic heterocycles. The van der Waals surface area contributed by atoms with Gasteiger partial charge in [-0.15, -0.1) is 0 Å². The zero-order valence-electron chi connectivity index (χ0n) is 24.6. The number of hydrogen-bond acceptors (Lipinski definition) is 7. The Labute approximate surface area is 244 Å². The van der Waals surface area contributed by atoms with Gasteiger partial charge in [-0.25, -0.2) is 9.97 Å². The van der Waals surface area contributed by atoms with Crippen molar-refractivity contribution in [3.63, 3.8) is 0 Å². The average Bonchev–Trinajstić information content (AvgIpc) is 3.19. The molecule has 224 valence electrons. The number of likely N-dealkylation sites (N-methyl/N-ethyl adjacent to an activating group) is 1. The number of fused-ring (bicyclic) bond motifs is 1. The van der Waals surface area contributed by atoms with Gasteiger partial charge in [-0.3, -0.25) is 9.69 Å². The number of amides is 1. The molecule has 8 nitrogen and oxygen atoms in total. The highest BCUT2D eigenvalue weighted by Gasteiger charge is 2.40. The summed E-state index contributed by atoms with van der Waals surface area (Å²) in [6.07, 6.45) is -3.49. The number of carbonyl (C=O) groups is 1. The third kappa shape index (κ3) is 5.74. The SMILES string of the molecule is CCN1CCN(c2ccc(Nc3ncc(C(F)(F)F)c(CCc4cccc5c4C(C)(C)C(=O)N5)n3)c(OC)c2)C[C@H]1C. The largest absolute Gasteiger partial charge is 0.494 e. The van der Waals surface area contributed by atoms with Crippen molar-refractivity contribution in [2.45, 2.75) is 58.2 Å². The van der Waals surface area contributed by atoms with Gasteiger partial charge in [0.1, 0.15) is 5.75 Å². The summed E-state index contributed by atoms with van der Waals surface area (Å²) in [6.45, 7) is 11.8. The van der Waals surface area contributed by atoms with Gasteiger partial charge < -0.3 is 20.3 Å². The van der Waals surface area contributed by atoms with E-state index in [9.17, 15) is 18.0 Å². The zero-order chi connectivity index (χ0) is 30.2. The average molecular weight is 583 g/mol. The van der Waals surface area contributed by atoms with Crippen LogP contribution >= 0.6 is 0 Å². The molecule has 1 fully saturated rings. The molecule has 2 aromatic carbocycles. The fraction of sp³-hybridized carbons (Fsp3) is 0.452. The van der Waals surface area contributed by atoms with E-state index >= 15 is 0 Å². The lowest BCUT2D eigenvalue weighted by molar-refractivity contribution is -0.138. The molecule has 0 saturated carbocycles. The van der Waals surface area contributed by atoms with Gasteiger partial charge in [0.15, 0.2) is 0 Å². The van der Waals surface area contributed by atoms with Gasteiger partial charge in [0, 0.05) is 49.3 Å². The molecule has 42 heavy (non-hydrogen) atoms. The number of methoxy groups -OCH3 is 1. The Kier molecular flexibility index (Phi) is 8.06. The maximum absolute atomic E-state index is 14.0. The van der Waals surface area contributed by atoms with Crippen LogP contribution in [0.1, 0.15) is 50.1 Å². The lowest BCUT2D eigenvalue weighted by Gasteiger charge is -2.40. The maximum Gasteiger partial charge on any atom is 0.419 e. The predicted molar refractivity (Wildman–Crippen MR) is 158 cm³/mol. The molecule has 1 saturated heterocycles. The number of hydrogen-bond donors (Lipinski definition) is 2. The van der Waals surface area contributed by atoms with Gasteiger partial charge in [0.2, 0.25) is 11.9 Å². The smallest absolute Gasteiger partial charge is 0.419 e. The molecule has 0 spiro atoms. The summed E-state index contributed by atoms with van der Waals surface area (Å²) in [5.74, 6) is 0.458. The minimum atomic E-state index is -4.61. The van der Waals surface area contributed by atoms with E-state index in [0.717, 1.165) is 49.2 Å². The van der Waals surface area contributed by atoms with Gasteiger partial charge in [0.05, 0.1) is 29.5 Å². The lowest BCUT2D eigenvalue weighted by Crippen LogP contribution is -2.51. The number of rotatable bonds is 8. The van der Waals surface area contributed by atoms with E-state index in [-0.39, 0.29) is 30.4 Å². The molecule has 0 unspecified atom stereocenters. The quantitative estimate of drug-likeness (QED) is 0.348. The Hall–Kier alpha value is -3.86. The number of nitrogens with one attached hydrogen (secondary N) is 2. The van der Waals surface area contributed by atoms with Gasteiger partial charge >= 0.3 is 6.18 Å². The van der Waals surface area contributed by atoms with Gasteiger partial charge in [-0.2, -0.15) is 13.2 Å². The molecule has 2 N–H and O–H groups in total. The van der Waals surface area contributed by atoms with Crippen LogP contribution in [-0.2, 0) is 29.2 Å². The van der Waals surface area contributed by atoms with Crippen LogP contribution < -0.4 is 20.3 Å². The van der Waals surface area contributed by atoms with Crippen molar-refractivity contribution >= 4 is 28.9 Å². The molecule has 1 atom stereocenters. The van der Waals surface area contributed by atoms with Crippen LogP contribution in [-0.4, -0.2) is 60.1 Å². The highest BCUT2D eigenvalue weighted by molar-refractivity contribution is 6.06. The van der Waals surface area contributed by atoms with Crippen LogP contribution in [0.3, 0.4) is 0 Å². The number of piperazine rings is 1. The fourth-order valence-electron chi connectivity index (χ4n) is 6.00. The second-order valence-electron chi connectivity index (χ2n) is 11.4. The summed E-state index contributed by atoms with van der Waals surface area (Å²) < 4.78 is 47.5. The van der Waals surface area contributed by atoms with Crippen molar-refractivity contribution < 1.29 is 22.7 Å². The first-order chi connectivity index (χ1) is 19.9. The van der Waals surface area contributed by atoms with Gasteiger partial charge in [-0.1, -0.05) is 19.1 Å². The fourth-order valence-corrected chi connectivity index (χ4v) is 6.00. The van der Waals surface area contributed by atoms with Crippen molar-refractivity contribution in [2.24, 2.45) is 0 Å². The summed E-state index contributed by atoms with van der Waals surface area (Å²) >= 11 is 0. The number of anilines is 4.